The lowest BCUT2D eigenvalue weighted by Gasteiger charge is -2.34. The largest absolute Gasteiger partial charge is 0.491 e. The zero-order valence-corrected chi connectivity index (χ0v) is 18.7. The Labute approximate surface area is 190 Å². The number of carbonyl (C=O) groups excluding carboxylic acids is 1. The van der Waals surface area contributed by atoms with Crippen LogP contribution in [-0.4, -0.2) is 76.3 Å². The highest BCUT2D eigenvalue weighted by molar-refractivity contribution is 6.32. The van der Waals surface area contributed by atoms with Crippen molar-refractivity contribution >= 4 is 23.2 Å². The molecule has 1 aromatic carbocycles. The summed E-state index contributed by atoms with van der Waals surface area (Å²) in [5.41, 5.74) is 0.932. The van der Waals surface area contributed by atoms with Crippen LogP contribution >= 0.6 is 11.6 Å². The molecule has 0 radical (unpaired) electrons. The van der Waals surface area contributed by atoms with E-state index in [-0.39, 0.29) is 17.7 Å². The zero-order valence-electron chi connectivity index (χ0n) is 17.9. The average Bonchev–Trinajstić information content (AvgIpc) is 3.21. The highest BCUT2D eigenvalue weighted by Crippen LogP contribution is 2.23. The van der Waals surface area contributed by atoms with Crippen molar-refractivity contribution in [3.8, 4) is 5.75 Å². The van der Waals surface area contributed by atoms with Gasteiger partial charge in [0.2, 0.25) is 0 Å². The molecule has 32 heavy (non-hydrogen) atoms. The first-order chi connectivity index (χ1) is 15.5. The number of H-pyrrole nitrogens is 1. The second-order valence-corrected chi connectivity index (χ2v) is 7.96. The normalized spacial score (nSPS) is 15.2. The van der Waals surface area contributed by atoms with E-state index in [1.54, 1.807) is 6.92 Å². The number of para-hydroxylation sites is 1. The SMILES string of the molecule is CCOC(=O)c1c[nH]n2c(=O)cc(CN3CCN(CCOc4ccccc4Cl)CC3)nc12. The number of nitrogens with zero attached hydrogens (tertiary/aromatic N) is 4. The van der Waals surface area contributed by atoms with E-state index in [1.807, 2.05) is 24.3 Å². The number of rotatable bonds is 8. The first-order valence-corrected chi connectivity index (χ1v) is 11.0. The maximum Gasteiger partial charge on any atom is 0.343 e. The van der Waals surface area contributed by atoms with Crippen LogP contribution in [0, 0.1) is 0 Å². The number of aromatic nitrogens is 3. The molecule has 1 aliphatic rings. The molecule has 1 N–H and O–H groups in total. The van der Waals surface area contributed by atoms with Gasteiger partial charge in [-0.15, -0.1) is 0 Å². The molecule has 2 aromatic heterocycles. The number of fused-ring (bicyclic) bond motifs is 1. The van der Waals surface area contributed by atoms with Gasteiger partial charge in [0.15, 0.2) is 5.65 Å². The summed E-state index contributed by atoms with van der Waals surface area (Å²) < 4.78 is 12.1. The third kappa shape index (κ3) is 5.12. The van der Waals surface area contributed by atoms with Crippen LogP contribution in [-0.2, 0) is 11.3 Å². The number of nitrogens with one attached hydrogen (secondary N) is 1. The molecule has 0 amide bonds. The molecule has 1 saturated heterocycles. The fraction of sp³-hybridized carbons (Fsp3) is 0.409. The molecule has 0 atom stereocenters. The summed E-state index contributed by atoms with van der Waals surface area (Å²) in [7, 11) is 0. The topological polar surface area (TPSA) is 92.2 Å². The molecule has 1 aliphatic heterocycles. The van der Waals surface area contributed by atoms with Gasteiger partial charge in [-0.1, -0.05) is 23.7 Å². The fourth-order valence-corrected chi connectivity index (χ4v) is 3.91. The smallest absolute Gasteiger partial charge is 0.343 e. The molecule has 170 valence electrons. The van der Waals surface area contributed by atoms with E-state index in [2.05, 4.69) is 19.9 Å². The molecular formula is C22H26ClN5O4. The lowest BCUT2D eigenvalue weighted by atomic mass is 10.2. The molecule has 0 saturated carbocycles. The van der Waals surface area contributed by atoms with Crippen molar-refractivity contribution in [2.24, 2.45) is 0 Å². The molecular weight excluding hydrogens is 434 g/mol. The van der Waals surface area contributed by atoms with E-state index in [4.69, 9.17) is 21.1 Å². The minimum absolute atomic E-state index is 0.254. The van der Waals surface area contributed by atoms with Gasteiger partial charge >= 0.3 is 5.97 Å². The number of benzene rings is 1. The van der Waals surface area contributed by atoms with E-state index in [0.717, 1.165) is 32.7 Å². The first-order valence-electron chi connectivity index (χ1n) is 10.6. The lowest BCUT2D eigenvalue weighted by molar-refractivity contribution is 0.0528. The van der Waals surface area contributed by atoms with E-state index in [0.29, 0.717) is 35.3 Å². The van der Waals surface area contributed by atoms with Crippen molar-refractivity contribution in [2.45, 2.75) is 13.5 Å². The van der Waals surface area contributed by atoms with Gasteiger partial charge in [0.25, 0.3) is 5.56 Å². The van der Waals surface area contributed by atoms with Crippen LogP contribution in [0.5, 0.6) is 5.75 Å². The van der Waals surface area contributed by atoms with Crippen LogP contribution in [0.25, 0.3) is 5.65 Å². The summed E-state index contributed by atoms with van der Waals surface area (Å²) in [6, 6.07) is 8.96. The predicted octanol–water partition coefficient (Wildman–Crippen LogP) is 2.05. The van der Waals surface area contributed by atoms with Crippen LogP contribution < -0.4 is 10.3 Å². The van der Waals surface area contributed by atoms with Crippen molar-refractivity contribution in [1.82, 2.24) is 24.4 Å². The van der Waals surface area contributed by atoms with Crippen molar-refractivity contribution < 1.29 is 14.3 Å². The van der Waals surface area contributed by atoms with Gasteiger partial charge in [-0.25, -0.2) is 14.3 Å². The molecule has 0 bridgehead atoms. The van der Waals surface area contributed by atoms with Gasteiger partial charge in [-0.3, -0.25) is 19.7 Å². The summed E-state index contributed by atoms with van der Waals surface area (Å²) in [5, 5.41) is 3.38. The predicted molar refractivity (Wildman–Crippen MR) is 120 cm³/mol. The number of hydrogen-bond acceptors (Lipinski definition) is 7. The summed E-state index contributed by atoms with van der Waals surface area (Å²) in [4.78, 5) is 33.7. The maximum absolute atomic E-state index is 12.4. The molecule has 0 spiro atoms. The Morgan fingerprint density at radius 2 is 1.94 bits per heavy atom. The van der Waals surface area contributed by atoms with Crippen LogP contribution in [0.4, 0.5) is 0 Å². The average molecular weight is 460 g/mol. The Morgan fingerprint density at radius 3 is 2.69 bits per heavy atom. The Bertz CT molecular complexity index is 1140. The molecule has 0 aliphatic carbocycles. The third-order valence-corrected chi connectivity index (χ3v) is 5.71. The van der Waals surface area contributed by atoms with Crippen LogP contribution in [0.3, 0.4) is 0 Å². The molecule has 1 fully saturated rings. The fourth-order valence-electron chi connectivity index (χ4n) is 3.72. The highest BCUT2D eigenvalue weighted by atomic mass is 35.5. The highest BCUT2D eigenvalue weighted by Gasteiger charge is 2.20. The van der Waals surface area contributed by atoms with Gasteiger partial charge in [-0.05, 0) is 19.1 Å². The molecule has 9 nitrogen and oxygen atoms in total. The zero-order chi connectivity index (χ0) is 22.5. The number of aromatic amines is 1. The standard InChI is InChI=1S/C22H26ClN5O4/c1-2-31-22(30)17-14-24-28-20(29)13-16(25-21(17)28)15-27-9-7-26(8-10-27)11-12-32-19-6-4-3-5-18(19)23/h3-6,13-14,24H,2,7-12,15H2,1H3. The van der Waals surface area contributed by atoms with Crippen LogP contribution in [0.2, 0.25) is 5.02 Å². The number of esters is 1. The van der Waals surface area contributed by atoms with E-state index >= 15 is 0 Å². The van der Waals surface area contributed by atoms with Crippen molar-refractivity contribution in [2.75, 3.05) is 45.9 Å². The van der Waals surface area contributed by atoms with Crippen molar-refractivity contribution in [1.29, 1.82) is 0 Å². The quantitative estimate of drug-likeness (QED) is 0.515. The molecule has 3 aromatic rings. The van der Waals surface area contributed by atoms with Gasteiger partial charge in [0.1, 0.15) is 17.9 Å². The summed E-state index contributed by atoms with van der Waals surface area (Å²) in [6.07, 6.45) is 1.45. The minimum Gasteiger partial charge on any atom is -0.491 e. The Kier molecular flexibility index (Phi) is 7.09. The molecule has 4 rings (SSSR count). The number of ether oxygens (including phenoxy) is 2. The number of halogens is 1. The van der Waals surface area contributed by atoms with Crippen molar-refractivity contribution in [3.05, 3.63) is 63.2 Å². The van der Waals surface area contributed by atoms with Gasteiger partial charge in [0.05, 0.1) is 17.3 Å². The summed E-state index contributed by atoms with van der Waals surface area (Å²) >= 11 is 6.12. The lowest BCUT2D eigenvalue weighted by Crippen LogP contribution is -2.47. The Balaban J connectivity index is 1.32. The van der Waals surface area contributed by atoms with Crippen LogP contribution in [0.15, 0.2) is 41.3 Å². The third-order valence-electron chi connectivity index (χ3n) is 5.40. The van der Waals surface area contributed by atoms with Gasteiger partial charge < -0.3 is 9.47 Å². The molecule has 10 heteroatoms. The van der Waals surface area contributed by atoms with Crippen molar-refractivity contribution in [3.63, 3.8) is 0 Å². The van der Waals surface area contributed by atoms with E-state index in [9.17, 15) is 9.59 Å². The first kappa shape index (κ1) is 22.3. The minimum atomic E-state index is -0.497. The monoisotopic (exact) mass is 459 g/mol. The number of piperazine rings is 1. The Morgan fingerprint density at radius 1 is 1.19 bits per heavy atom. The second kappa shape index (κ2) is 10.2. The maximum atomic E-state index is 12.4. The molecule has 3 heterocycles. The Hall–Kier alpha value is -2.88. The van der Waals surface area contributed by atoms with E-state index < -0.39 is 5.97 Å². The van der Waals surface area contributed by atoms with Gasteiger partial charge in [-0.2, -0.15) is 0 Å². The number of carbonyl (C=O) groups is 1. The van der Waals surface area contributed by atoms with E-state index in [1.165, 1.54) is 16.8 Å². The second-order valence-electron chi connectivity index (χ2n) is 7.55. The summed E-state index contributed by atoms with van der Waals surface area (Å²) in [5.74, 6) is 0.204. The summed E-state index contributed by atoms with van der Waals surface area (Å²) in [6.45, 7) is 7.42. The van der Waals surface area contributed by atoms with Crippen LogP contribution in [0.1, 0.15) is 23.0 Å². The molecule has 0 unspecified atom stereocenters. The van der Waals surface area contributed by atoms with Gasteiger partial charge in [0, 0.05) is 51.5 Å². The number of hydrogen-bond donors (Lipinski definition) is 1.